The third-order valence-electron chi connectivity index (χ3n) is 3.14. The summed E-state index contributed by atoms with van der Waals surface area (Å²) in [6.07, 6.45) is 1.70. The van der Waals surface area contributed by atoms with Crippen LogP contribution >= 0.6 is 0 Å². The zero-order valence-electron chi connectivity index (χ0n) is 12.2. The van der Waals surface area contributed by atoms with E-state index >= 15 is 0 Å². The Kier molecular flexibility index (Phi) is 4.77. The Morgan fingerprint density at radius 2 is 1.94 bits per heavy atom. The van der Waals surface area contributed by atoms with Crippen LogP contribution in [0.15, 0.2) is 0 Å². The average Bonchev–Trinajstić information content (AvgIpc) is 2.71. The first kappa shape index (κ1) is 15.0. The van der Waals surface area contributed by atoms with Gasteiger partial charge in [0.25, 0.3) is 0 Å². The molecule has 1 saturated heterocycles. The van der Waals surface area contributed by atoms with Crippen LogP contribution in [0.4, 0.5) is 0 Å². The third-order valence-corrected chi connectivity index (χ3v) is 3.14. The number of hydrogen-bond acceptors (Lipinski definition) is 2. The molecule has 0 aromatic carbocycles. The number of amides is 2. The van der Waals surface area contributed by atoms with Gasteiger partial charge in [-0.2, -0.15) is 0 Å². The Morgan fingerprint density at radius 1 is 1.33 bits per heavy atom. The number of nitrogens with one attached hydrogen (secondary N) is 1. The van der Waals surface area contributed by atoms with Gasteiger partial charge in [-0.05, 0) is 18.8 Å². The molecule has 1 N–H and O–H groups in total. The Morgan fingerprint density at radius 3 is 2.44 bits per heavy atom. The predicted molar refractivity (Wildman–Crippen MR) is 72.0 cm³/mol. The van der Waals surface area contributed by atoms with Crippen LogP contribution < -0.4 is 5.32 Å². The lowest BCUT2D eigenvalue weighted by molar-refractivity contribution is -0.144. The smallest absolute Gasteiger partial charge is 0.242 e. The minimum absolute atomic E-state index is 0.00111. The number of rotatable bonds is 3. The van der Waals surface area contributed by atoms with Crippen LogP contribution in [0.5, 0.6) is 0 Å². The maximum Gasteiger partial charge on any atom is 0.242 e. The summed E-state index contributed by atoms with van der Waals surface area (Å²) in [5.41, 5.74) is -0.416. The maximum atomic E-state index is 12.3. The molecule has 0 aromatic rings. The van der Waals surface area contributed by atoms with Crippen LogP contribution in [0, 0.1) is 11.3 Å². The highest BCUT2D eigenvalue weighted by atomic mass is 16.2. The Balaban J connectivity index is 2.65. The Labute approximate surface area is 110 Å². The van der Waals surface area contributed by atoms with E-state index in [9.17, 15) is 9.59 Å². The van der Waals surface area contributed by atoms with E-state index in [-0.39, 0.29) is 17.9 Å². The van der Waals surface area contributed by atoms with Crippen molar-refractivity contribution in [3.63, 3.8) is 0 Å². The summed E-state index contributed by atoms with van der Waals surface area (Å²) < 4.78 is 0. The molecule has 4 nitrogen and oxygen atoms in total. The molecule has 0 bridgehead atoms. The number of nitrogens with zero attached hydrogens (tertiary/aromatic N) is 1. The molecular formula is C14H26N2O2. The molecule has 0 aromatic heterocycles. The van der Waals surface area contributed by atoms with Crippen LogP contribution in [0.2, 0.25) is 0 Å². The zero-order valence-corrected chi connectivity index (χ0v) is 12.2. The van der Waals surface area contributed by atoms with Gasteiger partial charge < -0.3 is 10.2 Å². The van der Waals surface area contributed by atoms with E-state index in [0.29, 0.717) is 19.0 Å². The molecule has 1 heterocycles. The lowest BCUT2D eigenvalue weighted by atomic mass is 9.94. The van der Waals surface area contributed by atoms with Crippen molar-refractivity contribution in [2.45, 2.75) is 53.5 Å². The first-order chi connectivity index (χ1) is 8.23. The van der Waals surface area contributed by atoms with Gasteiger partial charge in [0, 0.05) is 18.5 Å². The molecular weight excluding hydrogens is 228 g/mol. The molecule has 0 saturated carbocycles. The van der Waals surface area contributed by atoms with Crippen molar-refractivity contribution >= 4 is 11.8 Å². The molecule has 18 heavy (non-hydrogen) atoms. The predicted octanol–water partition coefficient (Wildman–Crippen LogP) is 1.80. The first-order valence-electron chi connectivity index (χ1n) is 6.82. The summed E-state index contributed by atoms with van der Waals surface area (Å²) in [5, 5.41) is 2.93. The van der Waals surface area contributed by atoms with Gasteiger partial charge in [-0.25, -0.2) is 0 Å². The van der Waals surface area contributed by atoms with E-state index in [1.807, 2.05) is 20.8 Å². The van der Waals surface area contributed by atoms with Crippen molar-refractivity contribution in [1.29, 1.82) is 0 Å². The van der Waals surface area contributed by atoms with E-state index < -0.39 is 5.41 Å². The fourth-order valence-corrected chi connectivity index (χ4v) is 2.14. The van der Waals surface area contributed by atoms with Crippen molar-refractivity contribution in [3.05, 3.63) is 0 Å². The van der Waals surface area contributed by atoms with Gasteiger partial charge in [0.05, 0.1) is 0 Å². The second-order valence-corrected chi connectivity index (χ2v) is 6.55. The van der Waals surface area contributed by atoms with E-state index in [4.69, 9.17) is 0 Å². The summed E-state index contributed by atoms with van der Waals surface area (Å²) >= 11 is 0. The van der Waals surface area contributed by atoms with Crippen molar-refractivity contribution in [1.82, 2.24) is 10.2 Å². The molecule has 0 spiro atoms. The van der Waals surface area contributed by atoms with Crippen LogP contribution in [-0.4, -0.2) is 35.8 Å². The minimum atomic E-state index is -0.416. The Bertz CT molecular complexity index is 318. The molecule has 1 rings (SSSR count). The van der Waals surface area contributed by atoms with Gasteiger partial charge in [0.15, 0.2) is 0 Å². The second kappa shape index (κ2) is 5.72. The lowest BCUT2D eigenvalue weighted by Gasteiger charge is -2.30. The van der Waals surface area contributed by atoms with E-state index in [2.05, 4.69) is 19.2 Å². The normalized spacial score (nSPS) is 20.3. The fraction of sp³-hybridized carbons (Fsp3) is 0.857. The lowest BCUT2D eigenvalue weighted by Crippen LogP contribution is -2.49. The van der Waals surface area contributed by atoms with Crippen molar-refractivity contribution in [2.75, 3.05) is 13.1 Å². The molecule has 0 aliphatic carbocycles. The number of carbonyl (C=O) groups excluding carboxylic acids is 2. The molecule has 2 amide bonds. The molecule has 1 atom stereocenters. The standard InChI is InChI=1S/C14H26N2O2/c1-10(2)9-15-12(17)11-7-6-8-16(11)13(18)14(3,4)5/h10-11H,6-9H2,1-5H3,(H,15,17). The van der Waals surface area contributed by atoms with Gasteiger partial charge in [-0.1, -0.05) is 34.6 Å². The van der Waals surface area contributed by atoms with Crippen molar-refractivity contribution in [2.24, 2.45) is 11.3 Å². The SMILES string of the molecule is CC(C)CNC(=O)C1CCCN1C(=O)C(C)(C)C. The maximum absolute atomic E-state index is 12.3. The Hall–Kier alpha value is -1.06. The first-order valence-corrected chi connectivity index (χ1v) is 6.82. The number of hydrogen-bond donors (Lipinski definition) is 1. The summed E-state index contributed by atoms with van der Waals surface area (Å²) in [4.78, 5) is 26.1. The number of carbonyl (C=O) groups is 2. The van der Waals surface area contributed by atoms with E-state index in [1.54, 1.807) is 4.90 Å². The van der Waals surface area contributed by atoms with Gasteiger partial charge in [0.1, 0.15) is 6.04 Å². The van der Waals surface area contributed by atoms with Crippen LogP contribution in [0.25, 0.3) is 0 Å². The second-order valence-electron chi connectivity index (χ2n) is 6.55. The van der Waals surface area contributed by atoms with E-state index in [1.165, 1.54) is 0 Å². The monoisotopic (exact) mass is 254 g/mol. The molecule has 1 fully saturated rings. The summed E-state index contributed by atoms with van der Waals surface area (Å²) in [7, 11) is 0. The highest BCUT2D eigenvalue weighted by molar-refractivity contribution is 5.90. The number of likely N-dealkylation sites (tertiary alicyclic amines) is 1. The zero-order chi connectivity index (χ0) is 13.9. The average molecular weight is 254 g/mol. The summed E-state index contributed by atoms with van der Waals surface area (Å²) in [6.45, 7) is 11.2. The molecule has 0 radical (unpaired) electrons. The summed E-state index contributed by atoms with van der Waals surface area (Å²) in [5.74, 6) is 0.505. The topological polar surface area (TPSA) is 49.4 Å². The fourth-order valence-electron chi connectivity index (χ4n) is 2.14. The van der Waals surface area contributed by atoms with Crippen LogP contribution in [-0.2, 0) is 9.59 Å². The van der Waals surface area contributed by atoms with Crippen molar-refractivity contribution in [3.8, 4) is 0 Å². The highest BCUT2D eigenvalue weighted by Gasteiger charge is 2.38. The van der Waals surface area contributed by atoms with Crippen LogP contribution in [0.3, 0.4) is 0 Å². The molecule has 104 valence electrons. The third kappa shape index (κ3) is 3.72. The quantitative estimate of drug-likeness (QED) is 0.835. The molecule has 1 aliphatic rings. The van der Waals surface area contributed by atoms with Gasteiger partial charge in [-0.3, -0.25) is 9.59 Å². The van der Waals surface area contributed by atoms with E-state index in [0.717, 1.165) is 12.8 Å². The van der Waals surface area contributed by atoms with Gasteiger partial charge in [-0.15, -0.1) is 0 Å². The van der Waals surface area contributed by atoms with Gasteiger partial charge >= 0.3 is 0 Å². The van der Waals surface area contributed by atoms with Crippen molar-refractivity contribution < 1.29 is 9.59 Å². The minimum Gasteiger partial charge on any atom is -0.354 e. The summed E-state index contributed by atoms with van der Waals surface area (Å²) in [6, 6.07) is -0.268. The highest BCUT2D eigenvalue weighted by Crippen LogP contribution is 2.25. The molecule has 1 unspecified atom stereocenters. The van der Waals surface area contributed by atoms with Crippen LogP contribution in [0.1, 0.15) is 47.5 Å². The van der Waals surface area contributed by atoms with Gasteiger partial charge in [0.2, 0.25) is 11.8 Å². The molecule has 4 heteroatoms. The molecule has 1 aliphatic heterocycles. The largest absolute Gasteiger partial charge is 0.354 e.